The number of esters is 3. The Hall–Kier alpha value is -5.25. The van der Waals surface area contributed by atoms with Crippen molar-refractivity contribution in [2.45, 2.75) is 12.3 Å². The van der Waals surface area contributed by atoms with Crippen LogP contribution in [0.1, 0.15) is 23.6 Å². The molecule has 3 rings (SSSR count). The zero-order valence-electron chi connectivity index (χ0n) is 18.6. The molecule has 0 aliphatic carbocycles. The molecular formula is C29H18O6. The van der Waals surface area contributed by atoms with Crippen LogP contribution in [0.3, 0.4) is 0 Å². The van der Waals surface area contributed by atoms with E-state index < -0.39 is 23.3 Å². The van der Waals surface area contributed by atoms with E-state index in [1.54, 1.807) is 72.8 Å². The lowest BCUT2D eigenvalue weighted by atomic mass is 9.71. The van der Waals surface area contributed by atoms with Gasteiger partial charge in [-0.2, -0.15) is 0 Å². The average molecular weight is 462 g/mol. The standard InChI is InChI=1S/C29H18O6/c1-5-26(30)33-23-14-8-20(9-15-23)29(4,21-10-16-24(17-11-21)34-27(31)6-2)22-12-18-25(19-13-22)35-28(32)7-3/h1-3,8-19H,4H3. The first-order chi connectivity index (χ1) is 16.8. The van der Waals surface area contributed by atoms with Crippen LogP contribution in [-0.4, -0.2) is 17.9 Å². The summed E-state index contributed by atoms with van der Waals surface area (Å²) in [7, 11) is 0. The molecule has 0 aromatic heterocycles. The van der Waals surface area contributed by atoms with Crippen molar-refractivity contribution in [2.75, 3.05) is 0 Å². The van der Waals surface area contributed by atoms with Gasteiger partial charge in [-0.1, -0.05) is 36.4 Å². The molecule has 3 aromatic rings. The molecule has 3 aromatic carbocycles. The van der Waals surface area contributed by atoms with Crippen molar-refractivity contribution in [3.05, 3.63) is 89.5 Å². The van der Waals surface area contributed by atoms with Crippen LogP contribution in [0, 0.1) is 37.0 Å². The largest absolute Gasteiger partial charge is 0.417 e. The summed E-state index contributed by atoms with van der Waals surface area (Å²) in [6.45, 7) is 1.99. The Bertz CT molecular complexity index is 1200. The summed E-state index contributed by atoms with van der Waals surface area (Å²) in [5.74, 6) is 4.20. The van der Waals surface area contributed by atoms with Crippen LogP contribution in [0.4, 0.5) is 0 Å². The van der Waals surface area contributed by atoms with Crippen LogP contribution in [-0.2, 0) is 19.8 Å². The fourth-order valence-electron chi connectivity index (χ4n) is 3.48. The minimum atomic E-state index is -0.797. The van der Waals surface area contributed by atoms with E-state index in [0.29, 0.717) is 17.2 Å². The van der Waals surface area contributed by atoms with Gasteiger partial charge in [0.2, 0.25) is 0 Å². The fraction of sp³-hybridized carbons (Fsp3) is 0.0690. The van der Waals surface area contributed by atoms with E-state index in [-0.39, 0.29) is 0 Å². The Balaban J connectivity index is 2.05. The highest BCUT2D eigenvalue weighted by molar-refractivity contribution is 5.90. The van der Waals surface area contributed by atoms with E-state index in [0.717, 1.165) is 16.7 Å². The monoisotopic (exact) mass is 462 g/mol. The van der Waals surface area contributed by atoms with Crippen molar-refractivity contribution < 1.29 is 28.6 Å². The van der Waals surface area contributed by atoms with E-state index in [1.807, 2.05) is 24.7 Å². The third kappa shape index (κ3) is 5.57. The smallest absolute Gasteiger partial charge is 0.389 e. The van der Waals surface area contributed by atoms with Gasteiger partial charge in [-0.05, 0) is 60.0 Å². The summed E-state index contributed by atoms with van der Waals surface area (Å²) in [6, 6.07) is 20.6. The number of carbonyl (C=O) groups excluding carboxylic acids is 3. The minimum absolute atomic E-state index is 0.298. The first kappa shape index (κ1) is 24.4. The summed E-state index contributed by atoms with van der Waals surface area (Å²) >= 11 is 0. The predicted molar refractivity (Wildman–Crippen MR) is 128 cm³/mol. The molecule has 0 radical (unpaired) electrons. The zero-order chi connectivity index (χ0) is 25.4. The first-order valence-electron chi connectivity index (χ1n) is 10.2. The molecule has 0 aliphatic rings. The Labute approximate surface area is 202 Å². The second kappa shape index (κ2) is 10.6. The molecule has 170 valence electrons. The molecule has 0 heterocycles. The third-order valence-corrected chi connectivity index (χ3v) is 5.28. The van der Waals surface area contributed by atoms with Gasteiger partial charge in [-0.3, -0.25) is 0 Å². The maximum atomic E-state index is 11.4. The van der Waals surface area contributed by atoms with Crippen LogP contribution >= 0.6 is 0 Å². The molecule has 0 aliphatic heterocycles. The molecule has 0 spiro atoms. The number of carbonyl (C=O) groups is 3. The number of ether oxygens (including phenoxy) is 3. The fourth-order valence-corrected chi connectivity index (χ4v) is 3.48. The maximum Gasteiger partial charge on any atom is 0.389 e. The quantitative estimate of drug-likeness (QED) is 0.183. The topological polar surface area (TPSA) is 78.9 Å². The average Bonchev–Trinajstić information content (AvgIpc) is 2.89. The van der Waals surface area contributed by atoms with Crippen LogP contribution in [0.5, 0.6) is 17.2 Å². The van der Waals surface area contributed by atoms with E-state index in [9.17, 15) is 14.4 Å². The lowest BCUT2D eigenvalue weighted by Crippen LogP contribution is -2.25. The normalized spacial score (nSPS) is 10.1. The highest BCUT2D eigenvalue weighted by atomic mass is 16.5. The van der Waals surface area contributed by atoms with Gasteiger partial charge >= 0.3 is 17.9 Å². The van der Waals surface area contributed by atoms with Gasteiger partial charge in [0.25, 0.3) is 0 Å². The molecule has 0 saturated heterocycles. The number of hydrogen-bond acceptors (Lipinski definition) is 6. The predicted octanol–water partition coefficient (Wildman–Crippen LogP) is 3.66. The number of rotatable bonds is 6. The molecule has 35 heavy (non-hydrogen) atoms. The van der Waals surface area contributed by atoms with Crippen LogP contribution in [0.15, 0.2) is 72.8 Å². The number of terminal acetylenes is 3. The summed E-state index contributed by atoms with van der Waals surface area (Å²) in [6.07, 6.45) is 15.2. The minimum Gasteiger partial charge on any atom is -0.417 e. The summed E-state index contributed by atoms with van der Waals surface area (Å²) in [5, 5.41) is 0. The molecule has 0 amide bonds. The van der Waals surface area contributed by atoms with Crippen LogP contribution in [0.2, 0.25) is 0 Å². The highest BCUT2D eigenvalue weighted by Crippen LogP contribution is 2.40. The van der Waals surface area contributed by atoms with E-state index in [2.05, 4.69) is 0 Å². The Kier molecular flexibility index (Phi) is 7.37. The van der Waals surface area contributed by atoms with E-state index in [4.69, 9.17) is 33.5 Å². The lowest BCUT2D eigenvalue weighted by molar-refractivity contribution is -0.128. The Morgan fingerprint density at radius 2 is 0.771 bits per heavy atom. The summed E-state index contributed by atoms with van der Waals surface area (Å²) in [4.78, 5) is 34.2. The highest BCUT2D eigenvalue weighted by Gasteiger charge is 2.31. The first-order valence-corrected chi connectivity index (χ1v) is 10.2. The third-order valence-electron chi connectivity index (χ3n) is 5.28. The number of benzene rings is 3. The van der Waals surface area contributed by atoms with Crippen molar-refractivity contribution in [2.24, 2.45) is 0 Å². The molecule has 0 unspecified atom stereocenters. The molecule has 0 bridgehead atoms. The SMILES string of the molecule is C#CC(=O)Oc1ccc(C(C)(c2ccc(OC(=O)C#C)cc2)c2ccc(OC(=O)C#C)cc2)cc1. The van der Waals surface area contributed by atoms with Crippen molar-refractivity contribution >= 4 is 17.9 Å². The van der Waals surface area contributed by atoms with Gasteiger partial charge in [0.05, 0.1) is 0 Å². The van der Waals surface area contributed by atoms with E-state index in [1.165, 1.54) is 0 Å². The molecule has 0 fully saturated rings. The molecule has 6 heteroatoms. The Morgan fingerprint density at radius 3 is 0.971 bits per heavy atom. The second-order valence-corrected chi connectivity index (χ2v) is 7.30. The van der Waals surface area contributed by atoms with Crippen molar-refractivity contribution in [3.8, 4) is 54.3 Å². The van der Waals surface area contributed by atoms with Crippen LogP contribution < -0.4 is 14.2 Å². The number of hydrogen-bond donors (Lipinski definition) is 0. The molecular weight excluding hydrogens is 444 g/mol. The molecule has 0 saturated carbocycles. The van der Waals surface area contributed by atoms with Gasteiger partial charge in [0.1, 0.15) is 17.2 Å². The van der Waals surface area contributed by atoms with Gasteiger partial charge < -0.3 is 14.2 Å². The van der Waals surface area contributed by atoms with Crippen LogP contribution in [0.25, 0.3) is 0 Å². The van der Waals surface area contributed by atoms with Gasteiger partial charge in [-0.25, -0.2) is 14.4 Å². The van der Waals surface area contributed by atoms with Gasteiger partial charge in [0.15, 0.2) is 0 Å². The van der Waals surface area contributed by atoms with Gasteiger partial charge in [-0.15, -0.1) is 19.3 Å². The van der Waals surface area contributed by atoms with Crippen molar-refractivity contribution in [1.82, 2.24) is 0 Å². The summed E-state index contributed by atoms with van der Waals surface area (Å²) < 4.78 is 15.2. The summed E-state index contributed by atoms with van der Waals surface area (Å²) in [5.41, 5.74) is 1.82. The Morgan fingerprint density at radius 1 is 0.543 bits per heavy atom. The molecule has 0 atom stereocenters. The zero-order valence-corrected chi connectivity index (χ0v) is 18.6. The lowest BCUT2D eigenvalue weighted by Gasteiger charge is -2.32. The van der Waals surface area contributed by atoms with Gasteiger partial charge in [0, 0.05) is 23.2 Å². The van der Waals surface area contributed by atoms with E-state index >= 15 is 0 Å². The molecule has 6 nitrogen and oxygen atoms in total. The second-order valence-electron chi connectivity index (χ2n) is 7.30. The van der Waals surface area contributed by atoms with Crippen molar-refractivity contribution in [1.29, 1.82) is 0 Å². The maximum absolute atomic E-state index is 11.4. The molecule has 0 N–H and O–H groups in total. The van der Waals surface area contributed by atoms with Crippen molar-refractivity contribution in [3.63, 3.8) is 0 Å².